The topological polar surface area (TPSA) is 32.3 Å². The molecule has 0 amide bonds. The zero-order valence-electron chi connectivity index (χ0n) is 8.59. The number of hydrogen-bond donors (Lipinski definition) is 2. The van der Waals surface area contributed by atoms with Crippen LogP contribution in [0.15, 0.2) is 18.2 Å². The highest BCUT2D eigenvalue weighted by atomic mass is 16.3. The van der Waals surface area contributed by atoms with Gasteiger partial charge in [-0.15, -0.1) is 0 Å². The van der Waals surface area contributed by atoms with Crippen LogP contribution in [-0.2, 0) is 12.8 Å². The zero-order valence-corrected chi connectivity index (χ0v) is 8.59. The van der Waals surface area contributed by atoms with E-state index < -0.39 is 0 Å². The van der Waals surface area contributed by atoms with Crippen molar-refractivity contribution in [2.24, 2.45) is 0 Å². The van der Waals surface area contributed by atoms with Crippen molar-refractivity contribution in [3.8, 4) is 0 Å². The van der Waals surface area contributed by atoms with Crippen molar-refractivity contribution < 1.29 is 5.11 Å². The third kappa shape index (κ3) is 1.81. The Morgan fingerprint density at radius 3 is 3.14 bits per heavy atom. The predicted molar refractivity (Wildman–Crippen MR) is 57.5 cm³/mol. The molecular weight excluding hydrogens is 174 g/mol. The highest BCUT2D eigenvalue weighted by Gasteiger charge is 2.15. The van der Waals surface area contributed by atoms with Gasteiger partial charge in [0.25, 0.3) is 0 Å². The molecule has 1 heterocycles. The Kier molecular flexibility index (Phi) is 2.85. The molecule has 0 bridgehead atoms. The smallest absolute Gasteiger partial charge is 0.0587 e. The second kappa shape index (κ2) is 4.11. The first-order valence-electron chi connectivity index (χ1n) is 5.23. The van der Waals surface area contributed by atoms with Crippen LogP contribution in [-0.4, -0.2) is 24.3 Å². The average molecular weight is 191 g/mol. The first-order valence-corrected chi connectivity index (χ1v) is 5.23. The molecule has 2 heteroatoms. The van der Waals surface area contributed by atoms with Gasteiger partial charge >= 0.3 is 0 Å². The fourth-order valence-electron chi connectivity index (χ4n) is 2.18. The van der Waals surface area contributed by atoms with Gasteiger partial charge in [0.2, 0.25) is 0 Å². The van der Waals surface area contributed by atoms with Gasteiger partial charge in [-0.1, -0.05) is 18.2 Å². The Hall–Kier alpha value is -0.860. The number of fused-ring (bicyclic) bond motifs is 1. The molecule has 14 heavy (non-hydrogen) atoms. The van der Waals surface area contributed by atoms with E-state index in [1.54, 1.807) is 0 Å². The third-order valence-corrected chi connectivity index (χ3v) is 3.00. The summed E-state index contributed by atoms with van der Waals surface area (Å²) in [4.78, 5) is 0. The van der Waals surface area contributed by atoms with E-state index in [4.69, 9.17) is 5.11 Å². The van der Waals surface area contributed by atoms with E-state index in [0.29, 0.717) is 0 Å². The molecule has 0 radical (unpaired) electrons. The standard InChI is InChI=1S/C12H17NO/c1-9-3-2-4-10-7-11(8-14)13-6-5-12(9)10/h2-4,11,13-14H,5-8H2,1H3. The van der Waals surface area contributed by atoms with E-state index in [0.717, 1.165) is 19.4 Å². The quantitative estimate of drug-likeness (QED) is 0.695. The number of aliphatic hydroxyl groups is 1. The van der Waals surface area contributed by atoms with E-state index in [1.165, 1.54) is 16.7 Å². The number of aryl methyl sites for hydroxylation is 1. The lowest BCUT2D eigenvalue weighted by Gasteiger charge is -2.12. The van der Waals surface area contributed by atoms with Crippen LogP contribution in [0.3, 0.4) is 0 Å². The number of aliphatic hydroxyl groups excluding tert-OH is 1. The molecule has 1 aliphatic heterocycles. The van der Waals surface area contributed by atoms with Crippen LogP contribution >= 0.6 is 0 Å². The number of nitrogens with one attached hydrogen (secondary N) is 1. The summed E-state index contributed by atoms with van der Waals surface area (Å²) in [5.41, 5.74) is 4.24. The van der Waals surface area contributed by atoms with Gasteiger partial charge in [-0.25, -0.2) is 0 Å². The maximum Gasteiger partial charge on any atom is 0.0587 e. The third-order valence-electron chi connectivity index (χ3n) is 3.00. The van der Waals surface area contributed by atoms with Crippen LogP contribution in [0.1, 0.15) is 16.7 Å². The monoisotopic (exact) mass is 191 g/mol. The molecule has 0 saturated carbocycles. The normalized spacial score (nSPS) is 21.4. The Bertz CT molecular complexity index is 322. The van der Waals surface area contributed by atoms with Crippen LogP contribution < -0.4 is 5.32 Å². The van der Waals surface area contributed by atoms with Crippen LogP contribution in [0, 0.1) is 6.92 Å². The van der Waals surface area contributed by atoms with E-state index in [1.807, 2.05) is 0 Å². The van der Waals surface area contributed by atoms with E-state index in [-0.39, 0.29) is 12.6 Å². The molecule has 2 rings (SSSR count). The number of rotatable bonds is 1. The lowest BCUT2D eigenvalue weighted by Crippen LogP contribution is -2.33. The molecule has 1 aromatic rings. The van der Waals surface area contributed by atoms with Crippen LogP contribution in [0.2, 0.25) is 0 Å². The summed E-state index contributed by atoms with van der Waals surface area (Å²) in [6.07, 6.45) is 2.03. The summed E-state index contributed by atoms with van der Waals surface area (Å²) in [5.74, 6) is 0. The Balaban J connectivity index is 2.32. The van der Waals surface area contributed by atoms with E-state index in [2.05, 4.69) is 30.4 Å². The molecule has 1 aromatic carbocycles. The number of benzene rings is 1. The maximum absolute atomic E-state index is 9.15. The second-order valence-corrected chi connectivity index (χ2v) is 4.00. The van der Waals surface area contributed by atoms with Crippen LogP contribution in [0.5, 0.6) is 0 Å². The first-order chi connectivity index (χ1) is 6.81. The summed E-state index contributed by atoms with van der Waals surface area (Å²) >= 11 is 0. The van der Waals surface area contributed by atoms with Gasteiger partial charge in [-0.2, -0.15) is 0 Å². The lowest BCUT2D eigenvalue weighted by molar-refractivity contribution is 0.244. The van der Waals surface area contributed by atoms with Gasteiger partial charge in [-0.3, -0.25) is 0 Å². The molecule has 0 aromatic heterocycles. The lowest BCUT2D eigenvalue weighted by atomic mass is 9.96. The van der Waals surface area contributed by atoms with E-state index >= 15 is 0 Å². The highest BCUT2D eigenvalue weighted by Crippen LogP contribution is 2.18. The van der Waals surface area contributed by atoms with Gasteiger partial charge in [0.1, 0.15) is 0 Å². The van der Waals surface area contributed by atoms with Gasteiger partial charge < -0.3 is 10.4 Å². The Morgan fingerprint density at radius 2 is 2.36 bits per heavy atom. The van der Waals surface area contributed by atoms with Crippen molar-refractivity contribution in [3.05, 3.63) is 34.9 Å². The first kappa shape index (κ1) is 9.69. The number of hydrogen-bond acceptors (Lipinski definition) is 2. The summed E-state index contributed by atoms with van der Waals surface area (Å²) in [7, 11) is 0. The van der Waals surface area contributed by atoms with Gasteiger partial charge in [0.15, 0.2) is 0 Å². The molecule has 2 nitrogen and oxygen atoms in total. The molecule has 0 fully saturated rings. The summed E-state index contributed by atoms with van der Waals surface area (Å²) in [6.45, 7) is 3.37. The van der Waals surface area contributed by atoms with Gasteiger partial charge in [0.05, 0.1) is 6.61 Å². The Morgan fingerprint density at radius 1 is 1.50 bits per heavy atom. The molecule has 0 aliphatic carbocycles. The van der Waals surface area contributed by atoms with Gasteiger partial charge in [0, 0.05) is 6.04 Å². The fraction of sp³-hybridized carbons (Fsp3) is 0.500. The van der Waals surface area contributed by atoms with Crippen molar-refractivity contribution >= 4 is 0 Å². The average Bonchev–Trinajstić information content (AvgIpc) is 2.40. The fourth-order valence-corrected chi connectivity index (χ4v) is 2.18. The van der Waals surface area contributed by atoms with E-state index in [9.17, 15) is 0 Å². The highest BCUT2D eigenvalue weighted by molar-refractivity contribution is 5.36. The zero-order chi connectivity index (χ0) is 9.97. The van der Waals surface area contributed by atoms with Crippen molar-refractivity contribution in [2.75, 3.05) is 13.2 Å². The van der Waals surface area contributed by atoms with Crippen molar-refractivity contribution in [3.63, 3.8) is 0 Å². The summed E-state index contributed by atoms with van der Waals surface area (Å²) in [6, 6.07) is 6.68. The molecule has 1 unspecified atom stereocenters. The molecule has 0 saturated heterocycles. The van der Waals surface area contributed by atoms with Crippen molar-refractivity contribution in [1.82, 2.24) is 5.32 Å². The molecular formula is C12H17NO. The maximum atomic E-state index is 9.15. The Labute approximate surface area is 85.0 Å². The summed E-state index contributed by atoms with van der Waals surface area (Å²) in [5, 5.41) is 12.5. The molecule has 76 valence electrons. The van der Waals surface area contributed by atoms with Gasteiger partial charge in [-0.05, 0) is 43.0 Å². The minimum Gasteiger partial charge on any atom is -0.395 e. The molecule has 0 spiro atoms. The van der Waals surface area contributed by atoms with Crippen molar-refractivity contribution in [2.45, 2.75) is 25.8 Å². The largest absolute Gasteiger partial charge is 0.395 e. The summed E-state index contributed by atoms with van der Waals surface area (Å²) < 4.78 is 0. The minimum absolute atomic E-state index is 0.230. The SMILES string of the molecule is Cc1cccc2c1CCNC(CO)C2. The van der Waals surface area contributed by atoms with Crippen molar-refractivity contribution in [1.29, 1.82) is 0 Å². The minimum atomic E-state index is 0.230. The molecule has 2 N–H and O–H groups in total. The van der Waals surface area contributed by atoms with Crippen LogP contribution in [0.25, 0.3) is 0 Å². The van der Waals surface area contributed by atoms with Crippen LogP contribution in [0.4, 0.5) is 0 Å². The molecule has 1 atom stereocenters. The molecule has 1 aliphatic rings. The second-order valence-electron chi connectivity index (χ2n) is 4.00. The predicted octanol–water partition coefficient (Wildman–Crippen LogP) is 1.04.